The monoisotopic (exact) mass is 290 g/mol. The molecule has 2 nitrogen and oxygen atoms in total. The number of aliphatic carboxylic acids is 1. The first-order chi connectivity index (χ1) is 9.54. The van der Waals surface area contributed by atoms with Crippen LogP contribution in [0.5, 0.6) is 0 Å². The van der Waals surface area contributed by atoms with Crippen molar-refractivity contribution >= 4 is 17.7 Å². The zero-order valence-corrected chi connectivity index (χ0v) is 11.9. The van der Waals surface area contributed by atoms with Gasteiger partial charge in [-0.05, 0) is 47.9 Å². The normalized spacial score (nSPS) is 10.5. The molecule has 104 valence electrons. The molecule has 0 saturated heterocycles. The molecule has 2 rings (SSSR count). The van der Waals surface area contributed by atoms with Gasteiger partial charge in [0.15, 0.2) is 0 Å². The lowest BCUT2D eigenvalue weighted by Crippen LogP contribution is -1.99. The van der Waals surface area contributed by atoms with Crippen molar-refractivity contribution in [3.05, 3.63) is 65.0 Å². The largest absolute Gasteiger partial charge is 0.481 e. The Kier molecular flexibility index (Phi) is 4.79. The lowest BCUT2D eigenvalue weighted by atomic mass is 10.1. The zero-order chi connectivity index (χ0) is 14.5. The molecule has 0 aromatic heterocycles. The number of aryl methyl sites for hydroxylation is 1. The first kappa shape index (κ1) is 14.6. The minimum atomic E-state index is -0.827. The maximum atomic E-state index is 13.0. The van der Waals surface area contributed by atoms with Crippen LogP contribution in [0.1, 0.15) is 16.7 Å². The Balaban J connectivity index is 1.98. The molecule has 0 aliphatic heterocycles. The van der Waals surface area contributed by atoms with E-state index in [0.29, 0.717) is 0 Å². The first-order valence-corrected chi connectivity index (χ1v) is 7.22. The fraction of sp³-hybridized carbons (Fsp3) is 0.188. The second-order valence-corrected chi connectivity index (χ2v) is 5.62. The van der Waals surface area contributed by atoms with Crippen LogP contribution < -0.4 is 0 Å². The van der Waals surface area contributed by atoms with Gasteiger partial charge in [-0.2, -0.15) is 0 Å². The van der Waals surface area contributed by atoms with Gasteiger partial charge in [0.05, 0.1) is 6.42 Å². The fourth-order valence-electron chi connectivity index (χ4n) is 1.86. The minimum Gasteiger partial charge on any atom is -0.481 e. The molecule has 4 heteroatoms. The van der Waals surface area contributed by atoms with Gasteiger partial charge in [-0.15, -0.1) is 11.8 Å². The van der Waals surface area contributed by atoms with Crippen LogP contribution in [0.3, 0.4) is 0 Å². The highest BCUT2D eigenvalue weighted by atomic mass is 32.2. The van der Waals surface area contributed by atoms with E-state index in [9.17, 15) is 9.18 Å². The van der Waals surface area contributed by atoms with Gasteiger partial charge >= 0.3 is 5.97 Å². The molecule has 0 radical (unpaired) electrons. The van der Waals surface area contributed by atoms with Crippen LogP contribution in [0.2, 0.25) is 0 Å². The summed E-state index contributed by atoms with van der Waals surface area (Å²) in [5.74, 6) is -0.272. The highest BCUT2D eigenvalue weighted by Gasteiger charge is 2.03. The summed E-state index contributed by atoms with van der Waals surface area (Å²) in [6.07, 6.45) is 0.0437. The molecule has 0 amide bonds. The molecule has 0 aliphatic carbocycles. The predicted octanol–water partition coefficient (Wildman–Crippen LogP) is 4.05. The van der Waals surface area contributed by atoms with E-state index in [4.69, 9.17) is 5.11 Å². The Hall–Kier alpha value is -1.81. The lowest BCUT2D eigenvalue weighted by Gasteiger charge is -2.06. The average molecular weight is 290 g/mol. The standard InChI is InChI=1S/C16H15FO2S/c1-11-8-14(17)5-4-13(11)10-20-15-6-2-12(3-7-15)9-16(18)19/h2-8H,9-10H2,1H3,(H,18,19). The van der Waals surface area contributed by atoms with Crippen LogP contribution in [0, 0.1) is 12.7 Å². The maximum Gasteiger partial charge on any atom is 0.307 e. The van der Waals surface area contributed by atoms with E-state index in [1.54, 1.807) is 17.8 Å². The maximum absolute atomic E-state index is 13.0. The van der Waals surface area contributed by atoms with E-state index in [1.807, 2.05) is 31.2 Å². The van der Waals surface area contributed by atoms with Crippen LogP contribution in [0.25, 0.3) is 0 Å². The molecule has 2 aromatic carbocycles. The third kappa shape index (κ3) is 4.10. The molecule has 0 heterocycles. The molecule has 0 spiro atoms. The van der Waals surface area contributed by atoms with Crippen LogP contribution >= 0.6 is 11.8 Å². The summed E-state index contributed by atoms with van der Waals surface area (Å²) in [7, 11) is 0. The number of carboxylic acid groups (broad SMARTS) is 1. The summed E-state index contributed by atoms with van der Waals surface area (Å²) in [5.41, 5.74) is 2.84. The van der Waals surface area contributed by atoms with Crippen molar-refractivity contribution in [1.29, 1.82) is 0 Å². The summed E-state index contributed by atoms with van der Waals surface area (Å²) < 4.78 is 13.0. The minimum absolute atomic E-state index is 0.0437. The quantitative estimate of drug-likeness (QED) is 0.844. The van der Waals surface area contributed by atoms with Crippen molar-refractivity contribution in [2.24, 2.45) is 0 Å². The number of thioether (sulfide) groups is 1. The van der Waals surface area contributed by atoms with Gasteiger partial charge in [0.1, 0.15) is 5.82 Å². The molecular weight excluding hydrogens is 275 g/mol. The molecule has 20 heavy (non-hydrogen) atoms. The van der Waals surface area contributed by atoms with Crippen molar-refractivity contribution in [3.8, 4) is 0 Å². The summed E-state index contributed by atoms with van der Waals surface area (Å²) >= 11 is 1.65. The van der Waals surface area contributed by atoms with E-state index in [0.717, 1.165) is 27.3 Å². The van der Waals surface area contributed by atoms with Gasteiger partial charge in [0.2, 0.25) is 0 Å². The SMILES string of the molecule is Cc1cc(F)ccc1CSc1ccc(CC(=O)O)cc1. The number of carbonyl (C=O) groups is 1. The molecule has 0 saturated carbocycles. The fourth-order valence-corrected chi connectivity index (χ4v) is 2.84. The van der Waals surface area contributed by atoms with E-state index in [1.165, 1.54) is 12.1 Å². The molecular formula is C16H15FO2S. The molecule has 0 aliphatic rings. The summed E-state index contributed by atoms with van der Waals surface area (Å²) in [6, 6.07) is 12.3. The smallest absolute Gasteiger partial charge is 0.307 e. The number of hydrogen-bond acceptors (Lipinski definition) is 2. The number of hydrogen-bond donors (Lipinski definition) is 1. The third-order valence-corrected chi connectivity index (χ3v) is 4.04. The summed E-state index contributed by atoms with van der Waals surface area (Å²) in [6.45, 7) is 1.90. The Morgan fingerprint density at radius 3 is 2.50 bits per heavy atom. The van der Waals surface area contributed by atoms with Gasteiger partial charge in [-0.1, -0.05) is 18.2 Å². The second kappa shape index (κ2) is 6.57. The third-order valence-electron chi connectivity index (χ3n) is 2.98. The van der Waals surface area contributed by atoms with Crippen LogP contribution in [0.15, 0.2) is 47.4 Å². The van der Waals surface area contributed by atoms with E-state index in [2.05, 4.69) is 0 Å². The lowest BCUT2D eigenvalue weighted by molar-refractivity contribution is -0.136. The van der Waals surface area contributed by atoms with Crippen molar-refractivity contribution in [1.82, 2.24) is 0 Å². The van der Waals surface area contributed by atoms with Gasteiger partial charge in [-0.3, -0.25) is 4.79 Å². The predicted molar refractivity (Wildman–Crippen MR) is 78.5 cm³/mol. The Labute approximate surface area is 121 Å². The number of benzene rings is 2. The Morgan fingerprint density at radius 1 is 1.20 bits per heavy atom. The summed E-state index contributed by atoms with van der Waals surface area (Å²) in [4.78, 5) is 11.7. The number of halogens is 1. The number of rotatable bonds is 5. The van der Waals surface area contributed by atoms with Crippen molar-refractivity contribution in [2.45, 2.75) is 24.0 Å². The molecule has 1 N–H and O–H groups in total. The Morgan fingerprint density at radius 2 is 1.90 bits per heavy atom. The van der Waals surface area contributed by atoms with Crippen molar-refractivity contribution in [3.63, 3.8) is 0 Å². The van der Waals surface area contributed by atoms with E-state index < -0.39 is 5.97 Å². The molecule has 0 fully saturated rings. The zero-order valence-electron chi connectivity index (χ0n) is 11.1. The molecule has 2 aromatic rings. The first-order valence-electron chi connectivity index (χ1n) is 6.23. The van der Waals surface area contributed by atoms with Gasteiger partial charge < -0.3 is 5.11 Å². The Bertz CT molecular complexity index is 608. The van der Waals surface area contributed by atoms with Gasteiger partial charge in [-0.25, -0.2) is 4.39 Å². The molecule has 0 bridgehead atoms. The van der Waals surface area contributed by atoms with Crippen molar-refractivity contribution < 1.29 is 14.3 Å². The van der Waals surface area contributed by atoms with Gasteiger partial charge in [0, 0.05) is 10.6 Å². The van der Waals surface area contributed by atoms with E-state index >= 15 is 0 Å². The number of carboxylic acids is 1. The summed E-state index contributed by atoms with van der Waals surface area (Å²) in [5, 5.41) is 8.71. The highest BCUT2D eigenvalue weighted by Crippen LogP contribution is 2.25. The van der Waals surface area contributed by atoms with Crippen LogP contribution in [-0.4, -0.2) is 11.1 Å². The van der Waals surface area contributed by atoms with Crippen LogP contribution in [0.4, 0.5) is 4.39 Å². The van der Waals surface area contributed by atoms with Crippen molar-refractivity contribution in [2.75, 3.05) is 0 Å². The topological polar surface area (TPSA) is 37.3 Å². The average Bonchev–Trinajstić information content (AvgIpc) is 2.39. The van der Waals surface area contributed by atoms with E-state index in [-0.39, 0.29) is 12.2 Å². The second-order valence-electron chi connectivity index (χ2n) is 4.57. The highest BCUT2D eigenvalue weighted by molar-refractivity contribution is 7.98. The molecule has 0 atom stereocenters. The molecule has 0 unspecified atom stereocenters. The van der Waals surface area contributed by atoms with Gasteiger partial charge in [0.25, 0.3) is 0 Å². The van der Waals surface area contributed by atoms with Crippen LogP contribution in [-0.2, 0) is 17.0 Å².